The number of hydrogen-bond acceptors (Lipinski definition) is 3. The molecule has 0 aromatic heterocycles. The first-order chi connectivity index (χ1) is 5.70. The molecule has 1 rings (SSSR count). The number of rotatable bonds is 3. The van der Waals surface area contributed by atoms with Crippen molar-refractivity contribution in [1.29, 1.82) is 0 Å². The van der Waals surface area contributed by atoms with E-state index >= 15 is 0 Å². The molecule has 0 aromatic rings. The zero-order valence-electron chi connectivity index (χ0n) is 7.88. The maximum Gasteiger partial charge on any atom is 0.237 e. The molecule has 0 aliphatic carbocycles. The lowest BCUT2D eigenvalue weighted by molar-refractivity contribution is -0.122. The fourth-order valence-electron chi connectivity index (χ4n) is 1.29. The van der Waals surface area contributed by atoms with Gasteiger partial charge < -0.3 is 16.4 Å². The average Bonchev–Trinajstić information content (AvgIpc) is 2.51. The third kappa shape index (κ3) is 4.45. The maximum absolute atomic E-state index is 11.3. The molecular formula is C8H18ClN3O. The largest absolute Gasteiger partial charge is 0.353 e. The second-order valence-electron chi connectivity index (χ2n) is 3.37. The first kappa shape index (κ1) is 12.7. The lowest BCUT2D eigenvalue weighted by atomic mass is 10.2. The first-order valence-electron chi connectivity index (χ1n) is 4.47. The second kappa shape index (κ2) is 6.18. The molecule has 1 fully saturated rings. The molecule has 1 amide bonds. The second-order valence-corrected chi connectivity index (χ2v) is 3.37. The fourth-order valence-corrected chi connectivity index (χ4v) is 1.29. The summed E-state index contributed by atoms with van der Waals surface area (Å²) in [5, 5.41) is 5.92. The van der Waals surface area contributed by atoms with Gasteiger partial charge in [0, 0.05) is 12.6 Å². The van der Waals surface area contributed by atoms with Crippen molar-refractivity contribution in [3.63, 3.8) is 0 Å². The summed E-state index contributed by atoms with van der Waals surface area (Å²) < 4.78 is 0. The van der Waals surface area contributed by atoms with Crippen molar-refractivity contribution < 1.29 is 4.79 Å². The van der Waals surface area contributed by atoms with Gasteiger partial charge in [0.2, 0.25) is 5.91 Å². The lowest BCUT2D eigenvalue weighted by Gasteiger charge is -2.12. The minimum Gasteiger partial charge on any atom is -0.353 e. The van der Waals surface area contributed by atoms with Crippen LogP contribution in [-0.4, -0.2) is 31.1 Å². The Bertz CT molecular complexity index is 157. The molecule has 4 nitrogen and oxygen atoms in total. The van der Waals surface area contributed by atoms with Crippen molar-refractivity contribution in [1.82, 2.24) is 10.6 Å². The number of carbonyl (C=O) groups is 1. The van der Waals surface area contributed by atoms with Crippen molar-refractivity contribution in [2.75, 3.05) is 13.1 Å². The minimum absolute atomic E-state index is 0. The number of halogens is 1. The van der Waals surface area contributed by atoms with Crippen LogP contribution in [0.15, 0.2) is 0 Å². The zero-order valence-corrected chi connectivity index (χ0v) is 8.69. The molecule has 1 aliphatic rings. The van der Waals surface area contributed by atoms with Crippen molar-refractivity contribution in [3.8, 4) is 0 Å². The van der Waals surface area contributed by atoms with Crippen LogP contribution in [0.4, 0.5) is 0 Å². The average molecular weight is 208 g/mol. The van der Waals surface area contributed by atoms with Gasteiger partial charge in [0.05, 0.1) is 6.04 Å². The molecule has 2 atom stereocenters. The summed E-state index contributed by atoms with van der Waals surface area (Å²) in [7, 11) is 0. The summed E-state index contributed by atoms with van der Waals surface area (Å²) >= 11 is 0. The van der Waals surface area contributed by atoms with E-state index in [0.717, 1.165) is 19.4 Å². The highest BCUT2D eigenvalue weighted by Crippen LogP contribution is 2.03. The van der Waals surface area contributed by atoms with Gasteiger partial charge in [-0.2, -0.15) is 0 Å². The lowest BCUT2D eigenvalue weighted by Crippen LogP contribution is -2.44. The Kier molecular flexibility index (Phi) is 6.03. The number of carbonyl (C=O) groups excluding carboxylic acids is 1. The molecule has 5 heteroatoms. The molecule has 0 radical (unpaired) electrons. The highest BCUT2D eigenvalue weighted by atomic mass is 35.5. The quantitative estimate of drug-likeness (QED) is 0.592. The van der Waals surface area contributed by atoms with Crippen molar-refractivity contribution >= 4 is 18.3 Å². The van der Waals surface area contributed by atoms with Gasteiger partial charge >= 0.3 is 0 Å². The van der Waals surface area contributed by atoms with Gasteiger partial charge in [-0.05, 0) is 26.3 Å². The summed E-state index contributed by atoms with van der Waals surface area (Å²) in [5.41, 5.74) is 5.50. The molecule has 4 N–H and O–H groups in total. The minimum atomic E-state index is 0. The van der Waals surface area contributed by atoms with E-state index in [1.807, 2.05) is 6.92 Å². The predicted octanol–water partition coefficient (Wildman–Crippen LogP) is -0.376. The van der Waals surface area contributed by atoms with Crippen molar-refractivity contribution in [3.05, 3.63) is 0 Å². The van der Waals surface area contributed by atoms with E-state index in [2.05, 4.69) is 10.6 Å². The molecule has 78 valence electrons. The van der Waals surface area contributed by atoms with Crippen molar-refractivity contribution in [2.24, 2.45) is 5.73 Å². The van der Waals surface area contributed by atoms with E-state index in [-0.39, 0.29) is 30.4 Å². The number of amides is 1. The molecule has 1 aliphatic heterocycles. The van der Waals surface area contributed by atoms with Crippen LogP contribution >= 0.6 is 12.4 Å². The normalized spacial score (nSPS) is 23.4. The van der Waals surface area contributed by atoms with Crippen LogP contribution in [0.1, 0.15) is 19.8 Å². The van der Waals surface area contributed by atoms with E-state index < -0.39 is 0 Å². The summed E-state index contributed by atoms with van der Waals surface area (Å²) in [5.74, 6) is 0.0878. The van der Waals surface area contributed by atoms with Gasteiger partial charge in [0.25, 0.3) is 0 Å². The van der Waals surface area contributed by atoms with Gasteiger partial charge in [-0.1, -0.05) is 0 Å². The topological polar surface area (TPSA) is 67.1 Å². The molecular weight excluding hydrogens is 190 g/mol. The molecule has 0 saturated carbocycles. The molecule has 1 saturated heterocycles. The van der Waals surface area contributed by atoms with E-state index in [1.54, 1.807) is 0 Å². The Morgan fingerprint density at radius 3 is 2.92 bits per heavy atom. The third-order valence-electron chi connectivity index (χ3n) is 1.98. The van der Waals surface area contributed by atoms with Crippen LogP contribution in [0.2, 0.25) is 0 Å². The van der Waals surface area contributed by atoms with Crippen LogP contribution in [-0.2, 0) is 4.79 Å². The highest BCUT2D eigenvalue weighted by Gasteiger charge is 2.21. The SMILES string of the molecule is CC(N)CNC(=O)[C@H]1CCCN1.Cl. The molecule has 1 heterocycles. The maximum atomic E-state index is 11.3. The highest BCUT2D eigenvalue weighted by molar-refractivity contribution is 5.85. The predicted molar refractivity (Wildman–Crippen MR) is 54.9 cm³/mol. The monoisotopic (exact) mass is 207 g/mol. The Hall–Kier alpha value is -0.320. The van der Waals surface area contributed by atoms with Gasteiger partial charge in [0.1, 0.15) is 0 Å². The van der Waals surface area contributed by atoms with E-state index in [9.17, 15) is 4.79 Å². The number of nitrogens with two attached hydrogens (primary N) is 1. The Labute approximate surface area is 85.0 Å². The summed E-state index contributed by atoms with van der Waals surface area (Å²) in [4.78, 5) is 11.3. The Morgan fingerprint density at radius 2 is 2.46 bits per heavy atom. The third-order valence-corrected chi connectivity index (χ3v) is 1.98. The Morgan fingerprint density at radius 1 is 1.77 bits per heavy atom. The molecule has 0 bridgehead atoms. The van der Waals surface area contributed by atoms with Crippen LogP contribution in [0.5, 0.6) is 0 Å². The van der Waals surface area contributed by atoms with Gasteiger partial charge in [-0.25, -0.2) is 0 Å². The molecule has 13 heavy (non-hydrogen) atoms. The van der Waals surface area contributed by atoms with Crippen LogP contribution in [0.3, 0.4) is 0 Å². The van der Waals surface area contributed by atoms with Crippen LogP contribution < -0.4 is 16.4 Å². The summed E-state index contributed by atoms with van der Waals surface area (Å²) in [6.07, 6.45) is 2.04. The van der Waals surface area contributed by atoms with Gasteiger partial charge in [-0.15, -0.1) is 12.4 Å². The fraction of sp³-hybridized carbons (Fsp3) is 0.875. The summed E-state index contributed by atoms with van der Waals surface area (Å²) in [6, 6.07) is 0.0547. The smallest absolute Gasteiger partial charge is 0.237 e. The standard InChI is InChI=1S/C8H17N3O.ClH/c1-6(9)5-11-8(12)7-3-2-4-10-7;/h6-7,10H,2-5,9H2,1H3,(H,11,12);1H/t6?,7-;/m1./s1. The van der Waals surface area contributed by atoms with E-state index in [0.29, 0.717) is 6.54 Å². The van der Waals surface area contributed by atoms with Gasteiger partial charge in [0.15, 0.2) is 0 Å². The van der Waals surface area contributed by atoms with Crippen LogP contribution in [0, 0.1) is 0 Å². The van der Waals surface area contributed by atoms with Crippen LogP contribution in [0.25, 0.3) is 0 Å². The zero-order chi connectivity index (χ0) is 8.97. The van der Waals surface area contributed by atoms with E-state index in [1.165, 1.54) is 0 Å². The first-order valence-corrected chi connectivity index (χ1v) is 4.47. The van der Waals surface area contributed by atoms with Gasteiger partial charge in [-0.3, -0.25) is 4.79 Å². The summed E-state index contributed by atoms with van der Waals surface area (Å²) in [6.45, 7) is 3.40. The van der Waals surface area contributed by atoms with Crippen molar-refractivity contribution in [2.45, 2.75) is 31.8 Å². The number of nitrogens with one attached hydrogen (secondary N) is 2. The van der Waals surface area contributed by atoms with E-state index in [4.69, 9.17) is 5.73 Å². The molecule has 1 unspecified atom stereocenters. The number of hydrogen-bond donors (Lipinski definition) is 3. The molecule has 0 spiro atoms. The molecule has 0 aromatic carbocycles. The Balaban J connectivity index is 0.00000144.